The monoisotopic (exact) mass is 270 g/mol. The molecule has 7 heteroatoms. The van der Waals surface area contributed by atoms with Gasteiger partial charge in [-0.05, 0) is 30.3 Å². The van der Waals surface area contributed by atoms with Crippen molar-refractivity contribution in [1.29, 1.82) is 0 Å². The van der Waals surface area contributed by atoms with E-state index in [0.717, 1.165) is 0 Å². The molecule has 0 radical (unpaired) electrons. The van der Waals surface area contributed by atoms with E-state index in [9.17, 15) is 12.8 Å². The average Bonchev–Trinajstić information content (AvgIpc) is 2.74. The predicted octanol–water partition coefficient (Wildman–Crippen LogP) is 1.68. The highest BCUT2D eigenvalue weighted by atomic mass is 32.2. The minimum Gasteiger partial charge on any atom is -0.446 e. The zero-order valence-corrected chi connectivity index (χ0v) is 10.1. The van der Waals surface area contributed by atoms with Crippen LogP contribution in [0, 0.1) is 5.82 Å². The van der Waals surface area contributed by atoms with E-state index in [2.05, 4.69) is 5.32 Å². The van der Waals surface area contributed by atoms with Crippen molar-refractivity contribution in [2.75, 3.05) is 5.32 Å². The first-order valence-corrected chi connectivity index (χ1v) is 6.61. The number of anilines is 1. The Morgan fingerprint density at radius 3 is 2.67 bits per heavy atom. The Hall–Kier alpha value is -1.86. The largest absolute Gasteiger partial charge is 0.446 e. The highest BCUT2D eigenvalue weighted by Gasteiger charge is 2.12. The van der Waals surface area contributed by atoms with Gasteiger partial charge < -0.3 is 9.73 Å². The molecule has 0 aliphatic heterocycles. The third-order valence-electron chi connectivity index (χ3n) is 2.21. The molecule has 0 aliphatic carbocycles. The molecule has 96 valence electrons. The smallest absolute Gasteiger partial charge is 0.271 e. The summed E-state index contributed by atoms with van der Waals surface area (Å²) in [5.41, 5.74) is 0.573. The lowest BCUT2D eigenvalue weighted by Crippen LogP contribution is -2.10. The molecule has 0 saturated carbocycles. The summed E-state index contributed by atoms with van der Waals surface area (Å²) in [7, 11) is -3.83. The van der Waals surface area contributed by atoms with Crippen LogP contribution in [0.5, 0.6) is 0 Å². The Balaban J connectivity index is 2.05. The molecule has 0 bridgehead atoms. The average molecular weight is 270 g/mol. The maximum absolute atomic E-state index is 12.9. The van der Waals surface area contributed by atoms with Crippen molar-refractivity contribution in [3.05, 3.63) is 48.0 Å². The van der Waals surface area contributed by atoms with Crippen LogP contribution in [0.3, 0.4) is 0 Å². The molecule has 1 aromatic heterocycles. The number of benzene rings is 1. The van der Waals surface area contributed by atoms with Crippen LogP contribution in [0.1, 0.15) is 5.76 Å². The second-order valence-corrected chi connectivity index (χ2v) is 5.12. The van der Waals surface area contributed by atoms with E-state index in [0.29, 0.717) is 11.4 Å². The van der Waals surface area contributed by atoms with Crippen LogP contribution in [0.15, 0.2) is 45.9 Å². The van der Waals surface area contributed by atoms with E-state index >= 15 is 0 Å². The minimum atomic E-state index is -3.83. The van der Waals surface area contributed by atoms with Crippen LogP contribution >= 0.6 is 0 Å². The summed E-state index contributed by atoms with van der Waals surface area (Å²) in [5, 5.41) is 7.51. The maximum atomic E-state index is 12.9. The Morgan fingerprint density at radius 2 is 2.06 bits per heavy atom. The summed E-state index contributed by atoms with van der Waals surface area (Å²) in [4.78, 5) is 0. The summed E-state index contributed by atoms with van der Waals surface area (Å²) in [6, 6.07) is 8.67. The van der Waals surface area contributed by atoms with Crippen molar-refractivity contribution in [2.24, 2.45) is 5.14 Å². The number of halogens is 1. The number of nitrogens with two attached hydrogens (primary N) is 1. The molecule has 0 aliphatic rings. The molecule has 0 unspecified atom stereocenters. The van der Waals surface area contributed by atoms with Gasteiger partial charge in [-0.3, -0.25) is 0 Å². The van der Waals surface area contributed by atoms with Gasteiger partial charge in [-0.1, -0.05) is 6.07 Å². The lowest BCUT2D eigenvalue weighted by atomic mass is 10.3. The van der Waals surface area contributed by atoms with E-state index in [1.54, 1.807) is 12.1 Å². The summed E-state index contributed by atoms with van der Waals surface area (Å²) in [6.45, 7) is 0.235. The molecule has 1 aromatic carbocycles. The topological polar surface area (TPSA) is 85.3 Å². The standard InChI is InChI=1S/C11H11FN2O3S/c12-8-2-1-3-9(6-8)14-7-10-4-5-11(17-10)18(13,15)16/h1-6,14H,7H2,(H2,13,15,16). The van der Waals surface area contributed by atoms with Crippen LogP contribution in [0.4, 0.5) is 10.1 Å². The van der Waals surface area contributed by atoms with E-state index < -0.39 is 10.0 Å². The fraction of sp³-hybridized carbons (Fsp3) is 0.0909. The fourth-order valence-electron chi connectivity index (χ4n) is 1.39. The second-order valence-electron chi connectivity index (χ2n) is 3.63. The molecule has 2 rings (SSSR count). The van der Waals surface area contributed by atoms with Gasteiger partial charge in [0.1, 0.15) is 11.6 Å². The zero-order chi connectivity index (χ0) is 13.2. The van der Waals surface area contributed by atoms with Gasteiger partial charge in [-0.2, -0.15) is 0 Å². The SMILES string of the molecule is NS(=O)(=O)c1ccc(CNc2cccc(F)c2)o1. The summed E-state index contributed by atoms with van der Waals surface area (Å²) >= 11 is 0. The molecule has 0 atom stereocenters. The summed E-state index contributed by atoms with van der Waals surface area (Å²) in [5.74, 6) is 0.0351. The molecule has 3 N–H and O–H groups in total. The first-order chi connectivity index (χ1) is 8.45. The third-order valence-corrected chi connectivity index (χ3v) is 2.99. The highest BCUT2D eigenvalue weighted by Crippen LogP contribution is 2.15. The Bertz CT molecular complexity index is 652. The minimum absolute atomic E-state index is 0.235. The van der Waals surface area contributed by atoms with Gasteiger partial charge in [-0.15, -0.1) is 0 Å². The molecule has 0 saturated heterocycles. The van der Waals surface area contributed by atoms with Crippen LogP contribution in [0.2, 0.25) is 0 Å². The number of furan rings is 1. The molecule has 0 spiro atoms. The molecule has 2 aromatic rings. The predicted molar refractivity (Wildman–Crippen MR) is 63.8 cm³/mol. The molecule has 1 heterocycles. The van der Waals surface area contributed by atoms with Crippen molar-refractivity contribution < 1.29 is 17.2 Å². The number of hydrogen-bond acceptors (Lipinski definition) is 4. The van der Waals surface area contributed by atoms with E-state index in [4.69, 9.17) is 9.56 Å². The normalized spacial score (nSPS) is 11.4. The van der Waals surface area contributed by atoms with Gasteiger partial charge in [0, 0.05) is 5.69 Å². The van der Waals surface area contributed by atoms with Crippen molar-refractivity contribution in [1.82, 2.24) is 0 Å². The van der Waals surface area contributed by atoms with E-state index in [1.165, 1.54) is 24.3 Å². The number of rotatable bonds is 4. The number of primary sulfonamides is 1. The molecule has 0 fully saturated rings. The van der Waals surface area contributed by atoms with Gasteiger partial charge in [0.05, 0.1) is 6.54 Å². The second kappa shape index (κ2) is 4.79. The first kappa shape index (κ1) is 12.6. The highest BCUT2D eigenvalue weighted by molar-refractivity contribution is 7.89. The molecular weight excluding hydrogens is 259 g/mol. The lowest BCUT2D eigenvalue weighted by molar-refractivity contribution is 0.419. The van der Waals surface area contributed by atoms with Crippen molar-refractivity contribution >= 4 is 15.7 Å². The van der Waals surface area contributed by atoms with Crippen LogP contribution in [-0.2, 0) is 16.6 Å². The Kier molecular flexibility index (Phi) is 3.35. The van der Waals surface area contributed by atoms with Crippen molar-refractivity contribution in [3.63, 3.8) is 0 Å². The number of hydrogen-bond donors (Lipinski definition) is 2. The van der Waals surface area contributed by atoms with Gasteiger partial charge in [0.15, 0.2) is 0 Å². The number of sulfonamides is 1. The van der Waals surface area contributed by atoms with Gasteiger partial charge in [0.2, 0.25) is 5.09 Å². The van der Waals surface area contributed by atoms with Crippen molar-refractivity contribution in [2.45, 2.75) is 11.6 Å². The maximum Gasteiger partial charge on any atom is 0.271 e. The first-order valence-electron chi connectivity index (χ1n) is 5.06. The lowest BCUT2D eigenvalue weighted by Gasteiger charge is -2.03. The number of nitrogens with one attached hydrogen (secondary N) is 1. The zero-order valence-electron chi connectivity index (χ0n) is 9.26. The van der Waals surface area contributed by atoms with Gasteiger partial charge >= 0.3 is 0 Å². The molecular formula is C11H11FN2O3S. The van der Waals surface area contributed by atoms with Crippen LogP contribution in [0.25, 0.3) is 0 Å². The third kappa shape index (κ3) is 3.08. The van der Waals surface area contributed by atoms with Gasteiger partial charge in [-0.25, -0.2) is 17.9 Å². The molecule has 0 amide bonds. The fourth-order valence-corrected chi connectivity index (χ4v) is 1.87. The van der Waals surface area contributed by atoms with E-state index in [1.807, 2.05) is 0 Å². The summed E-state index contributed by atoms with van der Waals surface area (Å²) < 4.78 is 39.9. The van der Waals surface area contributed by atoms with Gasteiger partial charge in [0.25, 0.3) is 10.0 Å². The van der Waals surface area contributed by atoms with Crippen LogP contribution < -0.4 is 10.5 Å². The Morgan fingerprint density at radius 1 is 1.28 bits per heavy atom. The van der Waals surface area contributed by atoms with E-state index in [-0.39, 0.29) is 17.5 Å². The van der Waals surface area contributed by atoms with Crippen LogP contribution in [-0.4, -0.2) is 8.42 Å². The quantitative estimate of drug-likeness (QED) is 0.885. The summed E-state index contributed by atoms with van der Waals surface area (Å²) in [6.07, 6.45) is 0. The van der Waals surface area contributed by atoms with Crippen molar-refractivity contribution in [3.8, 4) is 0 Å². The Labute approximate surface area is 103 Å². The molecule has 5 nitrogen and oxygen atoms in total. The molecule has 18 heavy (non-hydrogen) atoms.